The van der Waals surface area contributed by atoms with Crippen LogP contribution in [0.5, 0.6) is 0 Å². The largest absolute Gasteiger partial charge is 0.318 e. The van der Waals surface area contributed by atoms with E-state index in [1.807, 2.05) is 6.92 Å². The maximum absolute atomic E-state index is 11.5. The minimum Gasteiger partial charge on any atom is -0.318 e. The summed E-state index contributed by atoms with van der Waals surface area (Å²) in [5.41, 5.74) is 2.66. The van der Waals surface area contributed by atoms with Gasteiger partial charge in [-0.2, -0.15) is 0 Å². The van der Waals surface area contributed by atoms with Crippen LogP contribution >= 0.6 is 18.5 Å². The van der Waals surface area contributed by atoms with Gasteiger partial charge < -0.3 is 4.57 Å². The zero-order chi connectivity index (χ0) is 7.78. The molecule has 0 spiro atoms. The van der Waals surface area contributed by atoms with Crippen LogP contribution in [0.25, 0.3) is 0 Å². The van der Waals surface area contributed by atoms with Crippen molar-refractivity contribution in [1.82, 2.24) is 4.98 Å². The van der Waals surface area contributed by atoms with Gasteiger partial charge in [0.05, 0.1) is 15.8 Å². The average Bonchev–Trinajstić information content (AvgIpc) is 2.11. The van der Waals surface area contributed by atoms with E-state index in [0.29, 0.717) is 0 Å². The Bertz CT molecular complexity index is 275. The first-order valence-corrected chi connectivity index (χ1v) is 6.45. The van der Waals surface area contributed by atoms with Gasteiger partial charge in [0.2, 0.25) is 0 Å². The molecule has 0 atom stereocenters. The molecule has 56 valence electrons. The van der Waals surface area contributed by atoms with Gasteiger partial charge in [-0.25, -0.2) is 4.98 Å². The molecule has 4 heteroatoms. The Balaban J connectivity index is 3.18. The van der Waals surface area contributed by atoms with Crippen molar-refractivity contribution in [1.29, 1.82) is 0 Å². The number of aromatic nitrogens is 1. The molecule has 0 aliphatic rings. The molecule has 1 rings (SSSR count). The van der Waals surface area contributed by atoms with Gasteiger partial charge in [0, 0.05) is 0 Å². The predicted octanol–water partition coefficient (Wildman–Crippen LogP) is 1.70. The lowest BCUT2D eigenvalue weighted by molar-refractivity contribution is 0.588. The third-order valence-corrected chi connectivity index (χ3v) is 4.88. The molecule has 10 heavy (non-hydrogen) atoms. The lowest BCUT2D eigenvalue weighted by Gasteiger charge is -2.01. The zero-order valence-electron chi connectivity index (χ0n) is 6.29. The summed E-state index contributed by atoms with van der Waals surface area (Å²) in [6.45, 7) is 5.44. The number of aryl methyl sites for hydroxylation is 1. The summed E-state index contributed by atoms with van der Waals surface area (Å²) in [6.07, 6.45) is 0. The Morgan fingerprint density at radius 2 is 2.20 bits per heavy atom. The first kappa shape index (κ1) is 7.96. The van der Waals surface area contributed by atoms with Crippen molar-refractivity contribution < 1.29 is 4.57 Å². The predicted molar refractivity (Wildman–Crippen MR) is 45.9 cm³/mol. The molecule has 2 nitrogen and oxygen atoms in total. The summed E-state index contributed by atoms with van der Waals surface area (Å²) in [7, 11) is -2.05. The molecule has 0 amide bonds. The normalized spacial score (nSPS) is 11.9. The molecule has 0 unspecified atom stereocenters. The van der Waals surface area contributed by atoms with Crippen molar-refractivity contribution in [2.75, 3.05) is 13.3 Å². The van der Waals surface area contributed by atoms with Crippen molar-refractivity contribution in [2.24, 2.45) is 0 Å². The topological polar surface area (TPSA) is 30.0 Å². The monoisotopic (exact) mass is 175 g/mol. The van der Waals surface area contributed by atoms with Crippen molar-refractivity contribution in [3.05, 3.63) is 11.2 Å². The van der Waals surface area contributed by atoms with Crippen LogP contribution in [0, 0.1) is 6.92 Å². The van der Waals surface area contributed by atoms with Gasteiger partial charge >= 0.3 is 0 Å². The Kier molecular flexibility index (Phi) is 1.97. The van der Waals surface area contributed by atoms with E-state index in [9.17, 15) is 4.57 Å². The molecule has 0 saturated heterocycles. The molecular weight excluding hydrogens is 165 g/mol. The number of hydrogen-bond acceptors (Lipinski definition) is 3. The second-order valence-electron chi connectivity index (χ2n) is 2.59. The van der Waals surface area contributed by atoms with Crippen LogP contribution in [0.2, 0.25) is 0 Å². The summed E-state index contributed by atoms with van der Waals surface area (Å²) in [4.78, 5) is 4.03. The number of nitrogens with zero attached hydrogens (tertiary/aromatic N) is 1. The smallest absolute Gasteiger partial charge is 0.121 e. The highest BCUT2D eigenvalue weighted by molar-refractivity contribution is 7.75. The standard InChI is InChI=1S/C6H10NOPS/c1-5-6(9(2,3)8)10-4-7-5/h4H,1-3H3. The summed E-state index contributed by atoms with van der Waals surface area (Å²) in [5, 5.41) is 0. The van der Waals surface area contributed by atoms with E-state index < -0.39 is 7.14 Å². The summed E-state index contributed by atoms with van der Waals surface area (Å²) < 4.78 is 12.4. The molecule has 0 saturated carbocycles. The van der Waals surface area contributed by atoms with Crippen LogP contribution in [-0.2, 0) is 4.57 Å². The molecule has 1 aromatic rings. The SMILES string of the molecule is Cc1ncsc1P(C)(C)=O. The van der Waals surface area contributed by atoms with E-state index >= 15 is 0 Å². The first-order valence-electron chi connectivity index (χ1n) is 2.97. The van der Waals surface area contributed by atoms with Gasteiger partial charge in [-0.3, -0.25) is 0 Å². The molecule has 1 heterocycles. The third kappa shape index (κ3) is 1.47. The fourth-order valence-corrected chi connectivity index (χ4v) is 3.34. The Labute approximate surface area is 64.7 Å². The molecule has 0 aliphatic carbocycles. The lowest BCUT2D eigenvalue weighted by Crippen LogP contribution is -2.00. The number of rotatable bonds is 1. The molecule has 0 fully saturated rings. The van der Waals surface area contributed by atoms with E-state index in [0.717, 1.165) is 10.3 Å². The molecular formula is C6H10NOPS. The van der Waals surface area contributed by atoms with Crippen molar-refractivity contribution in [2.45, 2.75) is 6.92 Å². The highest BCUT2D eigenvalue weighted by Crippen LogP contribution is 2.37. The minimum atomic E-state index is -2.05. The summed E-state index contributed by atoms with van der Waals surface area (Å²) in [5.74, 6) is 0. The minimum absolute atomic E-state index is 0.915. The van der Waals surface area contributed by atoms with E-state index in [1.54, 1.807) is 18.8 Å². The van der Waals surface area contributed by atoms with Gasteiger partial charge in [0.25, 0.3) is 0 Å². The van der Waals surface area contributed by atoms with Crippen LogP contribution in [0.3, 0.4) is 0 Å². The Morgan fingerprint density at radius 1 is 1.60 bits per heavy atom. The van der Waals surface area contributed by atoms with Gasteiger partial charge in [-0.1, -0.05) is 0 Å². The van der Waals surface area contributed by atoms with Gasteiger partial charge in [-0.15, -0.1) is 11.3 Å². The van der Waals surface area contributed by atoms with Crippen molar-refractivity contribution in [3.8, 4) is 0 Å². The third-order valence-electron chi connectivity index (χ3n) is 1.21. The summed E-state index contributed by atoms with van der Waals surface area (Å²) in [6, 6.07) is 0. The fourth-order valence-electron chi connectivity index (χ4n) is 0.812. The zero-order valence-corrected chi connectivity index (χ0v) is 8.00. The maximum atomic E-state index is 11.5. The van der Waals surface area contributed by atoms with E-state index in [-0.39, 0.29) is 0 Å². The van der Waals surface area contributed by atoms with Gasteiger partial charge in [0.15, 0.2) is 0 Å². The van der Waals surface area contributed by atoms with E-state index in [2.05, 4.69) is 4.98 Å². The molecule has 0 bridgehead atoms. The highest BCUT2D eigenvalue weighted by Gasteiger charge is 2.15. The molecule has 0 N–H and O–H groups in total. The van der Waals surface area contributed by atoms with E-state index in [1.165, 1.54) is 11.3 Å². The average molecular weight is 175 g/mol. The number of hydrogen-bond donors (Lipinski definition) is 0. The molecule has 1 aromatic heterocycles. The number of thiazole rings is 1. The molecule has 0 aromatic carbocycles. The summed E-state index contributed by atoms with van der Waals surface area (Å²) >= 11 is 1.48. The highest BCUT2D eigenvalue weighted by atomic mass is 32.1. The van der Waals surface area contributed by atoms with Gasteiger partial charge in [-0.05, 0) is 20.3 Å². The van der Waals surface area contributed by atoms with Crippen molar-refractivity contribution in [3.63, 3.8) is 0 Å². The fraction of sp³-hybridized carbons (Fsp3) is 0.500. The maximum Gasteiger partial charge on any atom is 0.121 e. The van der Waals surface area contributed by atoms with E-state index in [4.69, 9.17) is 0 Å². The second-order valence-corrected chi connectivity index (χ2v) is 6.90. The Morgan fingerprint density at radius 3 is 2.40 bits per heavy atom. The first-order chi connectivity index (χ1) is 4.52. The van der Waals surface area contributed by atoms with Crippen molar-refractivity contribution >= 4 is 23.1 Å². The van der Waals surface area contributed by atoms with Crippen LogP contribution in [0.1, 0.15) is 5.69 Å². The lowest BCUT2D eigenvalue weighted by atomic mass is 10.6. The van der Waals surface area contributed by atoms with Crippen LogP contribution in [0.4, 0.5) is 0 Å². The van der Waals surface area contributed by atoms with Crippen LogP contribution < -0.4 is 4.62 Å². The molecule has 0 radical (unpaired) electrons. The molecule has 0 aliphatic heterocycles. The second kappa shape index (κ2) is 2.48. The quantitative estimate of drug-likeness (QED) is 0.608. The van der Waals surface area contributed by atoms with Crippen LogP contribution in [0.15, 0.2) is 5.51 Å². The Hall–Kier alpha value is -0.140. The van der Waals surface area contributed by atoms with Crippen LogP contribution in [-0.4, -0.2) is 18.3 Å². The van der Waals surface area contributed by atoms with Gasteiger partial charge in [0.1, 0.15) is 7.14 Å².